The van der Waals surface area contributed by atoms with E-state index in [0.717, 1.165) is 11.3 Å². The van der Waals surface area contributed by atoms with Crippen LogP contribution < -0.4 is 5.32 Å². The number of Topliss-reactive ketones (excluding diaryl/α,β-unsaturated/α-hetero) is 1. The molecule has 1 N–H and O–H groups in total. The van der Waals surface area contributed by atoms with Gasteiger partial charge in [0.2, 0.25) is 5.91 Å². The molecule has 1 rings (SSSR count). The van der Waals surface area contributed by atoms with Gasteiger partial charge in [-0.1, -0.05) is 36.7 Å². The Hall–Kier alpha value is -0.750. The molecule has 0 aliphatic rings. The monoisotopic (exact) mass is 335 g/mol. The molecule has 0 aliphatic heterocycles. The highest BCUT2D eigenvalue weighted by Crippen LogP contribution is 2.22. The summed E-state index contributed by atoms with van der Waals surface area (Å²) in [6, 6.07) is 1.22. The number of carbonyl (C=O) groups excluding carboxylic acids is 2. The largest absolute Gasteiger partial charge is 0.351 e. The van der Waals surface area contributed by atoms with Gasteiger partial charge in [-0.05, 0) is 6.07 Å². The number of rotatable bonds is 4. The van der Waals surface area contributed by atoms with Crippen molar-refractivity contribution in [2.45, 2.75) is 27.3 Å². The van der Waals surface area contributed by atoms with E-state index in [1.807, 2.05) is 0 Å². The van der Waals surface area contributed by atoms with Crippen LogP contribution in [-0.2, 0) is 11.3 Å². The first kappa shape index (κ1) is 15.3. The molecule has 0 spiro atoms. The molecule has 100 valence electrons. The minimum absolute atomic E-state index is 0.113. The molecule has 0 saturated carbocycles. The Morgan fingerprint density at radius 1 is 1.44 bits per heavy atom. The van der Waals surface area contributed by atoms with Gasteiger partial charge < -0.3 is 5.32 Å². The lowest BCUT2D eigenvalue weighted by molar-refractivity contribution is -0.128. The fraction of sp³-hybridized carbons (Fsp3) is 0.500. The van der Waals surface area contributed by atoms with E-state index < -0.39 is 11.2 Å². The van der Waals surface area contributed by atoms with Crippen molar-refractivity contribution in [2.24, 2.45) is 5.41 Å². The van der Waals surface area contributed by atoms with Crippen LogP contribution in [0.4, 0.5) is 4.39 Å². The molecule has 0 fully saturated rings. The molecule has 1 heterocycles. The first-order valence-electron chi connectivity index (χ1n) is 5.41. The van der Waals surface area contributed by atoms with E-state index in [1.165, 1.54) is 6.07 Å². The standard InChI is InChI=1S/C12H15BrFNO2S/c1-12(2,3)11(17)15-6-10-7(14)4-9(18-10)8(16)5-13/h4H,5-6H2,1-3H3,(H,15,17). The predicted molar refractivity (Wildman–Crippen MR) is 73.7 cm³/mol. The third-order valence-corrected chi connectivity index (χ3v) is 3.90. The van der Waals surface area contributed by atoms with Crippen LogP contribution in [0.15, 0.2) is 6.07 Å². The van der Waals surface area contributed by atoms with Gasteiger partial charge in [-0.3, -0.25) is 9.59 Å². The number of halogens is 2. The van der Waals surface area contributed by atoms with Gasteiger partial charge in [-0.15, -0.1) is 11.3 Å². The number of alkyl halides is 1. The molecule has 0 unspecified atom stereocenters. The zero-order chi connectivity index (χ0) is 13.9. The van der Waals surface area contributed by atoms with Gasteiger partial charge in [0.15, 0.2) is 5.78 Å². The van der Waals surface area contributed by atoms with E-state index in [0.29, 0.717) is 9.75 Å². The van der Waals surface area contributed by atoms with Crippen molar-refractivity contribution in [2.75, 3.05) is 5.33 Å². The summed E-state index contributed by atoms with van der Waals surface area (Å²) in [4.78, 5) is 23.8. The highest BCUT2D eigenvalue weighted by Gasteiger charge is 2.22. The first-order valence-corrected chi connectivity index (χ1v) is 7.35. The molecule has 0 radical (unpaired) electrons. The van der Waals surface area contributed by atoms with Gasteiger partial charge in [-0.25, -0.2) is 4.39 Å². The molecule has 1 aromatic rings. The van der Waals surface area contributed by atoms with E-state index >= 15 is 0 Å². The third kappa shape index (κ3) is 3.88. The molecule has 0 aromatic carbocycles. The smallest absolute Gasteiger partial charge is 0.225 e. The van der Waals surface area contributed by atoms with E-state index in [2.05, 4.69) is 21.2 Å². The van der Waals surface area contributed by atoms with Gasteiger partial charge in [-0.2, -0.15) is 0 Å². The maximum absolute atomic E-state index is 13.5. The minimum atomic E-state index is -0.512. The molecule has 1 amide bonds. The zero-order valence-corrected chi connectivity index (χ0v) is 12.9. The van der Waals surface area contributed by atoms with E-state index in [9.17, 15) is 14.0 Å². The van der Waals surface area contributed by atoms with Crippen LogP contribution in [-0.4, -0.2) is 17.0 Å². The second kappa shape index (κ2) is 5.93. The number of amides is 1. The number of carbonyl (C=O) groups is 2. The van der Waals surface area contributed by atoms with E-state index in [-0.39, 0.29) is 23.6 Å². The topological polar surface area (TPSA) is 46.2 Å². The van der Waals surface area contributed by atoms with Crippen molar-refractivity contribution in [1.29, 1.82) is 0 Å². The number of hydrogen-bond donors (Lipinski definition) is 1. The average molecular weight is 336 g/mol. The highest BCUT2D eigenvalue weighted by atomic mass is 79.9. The Labute approximate surface area is 118 Å². The van der Waals surface area contributed by atoms with Crippen molar-refractivity contribution < 1.29 is 14.0 Å². The average Bonchev–Trinajstić information content (AvgIpc) is 2.65. The maximum Gasteiger partial charge on any atom is 0.225 e. The summed E-state index contributed by atoms with van der Waals surface area (Å²) in [6.07, 6.45) is 0. The highest BCUT2D eigenvalue weighted by molar-refractivity contribution is 9.09. The lowest BCUT2D eigenvalue weighted by atomic mass is 9.96. The van der Waals surface area contributed by atoms with Gasteiger partial charge in [0.1, 0.15) is 5.82 Å². The number of nitrogens with one attached hydrogen (secondary N) is 1. The Bertz CT molecular complexity index is 465. The fourth-order valence-electron chi connectivity index (χ4n) is 1.16. The van der Waals surface area contributed by atoms with Crippen LogP contribution in [0.2, 0.25) is 0 Å². The summed E-state index contributed by atoms with van der Waals surface area (Å²) in [5.41, 5.74) is -0.512. The molecule has 0 aliphatic carbocycles. The molecular formula is C12H15BrFNO2S. The van der Waals surface area contributed by atoms with Crippen molar-refractivity contribution in [3.05, 3.63) is 21.6 Å². The van der Waals surface area contributed by atoms with Crippen LogP contribution in [0.1, 0.15) is 35.3 Å². The van der Waals surface area contributed by atoms with Crippen molar-refractivity contribution in [1.82, 2.24) is 5.32 Å². The van der Waals surface area contributed by atoms with E-state index in [1.54, 1.807) is 20.8 Å². The first-order chi connectivity index (χ1) is 8.25. The third-order valence-electron chi connectivity index (χ3n) is 2.24. The van der Waals surface area contributed by atoms with Gasteiger partial charge in [0.05, 0.1) is 21.6 Å². The van der Waals surface area contributed by atoms with Crippen LogP contribution >= 0.6 is 27.3 Å². The maximum atomic E-state index is 13.5. The zero-order valence-electron chi connectivity index (χ0n) is 10.5. The van der Waals surface area contributed by atoms with Crippen molar-refractivity contribution >= 4 is 39.0 Å². The van der Waals surface area contributed by atoms with Crippen LogP contribution in [0.5, 0.6) is 0 Å². The summed E-state index contributed by atoms with van der Waals surface area (Å²) in [5.74, 6) is -0.755. The SMILES string of the molecule is CC(C)(C)C(=O)NCc1sc(C(=O)CBr)cc1F. The summed E-state index contributed by atoms with van der Waals surface area (Å²) in [6.45, 7) is 5.47. The Kier molecular flexibility index (Phi) is 5.04. The van der Waals surface area contributed by atoms with Gasteiger partial charge in [0, 0.05) is 5.41 Å². The number of thiophene rings is 1. The normalized spacial score (nSPS) is 11.4. The second-order valence-corrected chi connectivity index (χ2v) is 6.57. The second-order valence-electron chi connectivity index (χ2n) is 4.87. The summed E-state index contributed by atoms with van der Waals surface area (Å²) in [7, 11) is 0. The van der Waals surface area contributed by atoms with Crippen LogP contribution in [0.3, 0.4) is 0 Å². The van der Waals surface area contributed by atoms with Gasteiger partial charge in [0.25, 0.3) is 0 Å². The molecule has 0 saturated heterocycles. The number of ketones is 1. The summed E-state index contributed by atoms with van der Waals surface area (Å²) >= 11 is 4.11. The lowest BCUT2D eigenvalue weighted by Gasteiger charge is -2.17. The van der Waals surface area contributed by atoms with Gasteiger partial charge >= 0.3 is 0 Å². The Balaban J connectivity index is 2.72. The van der Waals surface area contributed by atoms with Crippen molar-refractivity contribution in [3.63, 3.8) is 0 Å². The predicted octanol–water partition coefficient (Wildman–Crippen LogP) is 3.13. The molecular weight excluding hydrogens is 321 g/mol. The van der Waals surface area contributed by atoms with E-state index in [4.69, 9.17) is 0 Å². The molecule has 3 nitrogen and oxygen atoms in total. The molecule has 6 heteroatoms. The molecule has 0 atom stereocenters. The fourth-order valence-corrected chi connectivity index (χ4v) is 2.56. The molecule has 18 heavy (non-hydrogen) atoms. The van der Waals surface area contributed by atoms with Crippen molar-refractivity contribution in [3.8, 4) is 0 Å². The van der Waals surface area contributed by atoms with Crippen LogP contribution in [0, 0.1) is 11.2 Å². The lowest BCUT2D eigenvalue weighted by Crippen LogP contribution is -2.34. The number of hydrogen-bond acceptors (Lipinski definition) is 3. The quantitative estimate of drug-likeness (QED) is 0.678. The minimum Gasteiger partial charge on any atom is -0.351 e. The molecule has 1 aromatic heterocycles. The van der Waals surface area contributed by atoms with Crippen LogP contribution in [0.25, 0.3) is 0 Å². The summed E-state index contributed by atoms with van der Waals surface area (Å²) in [5, 5.41) is 2.83. The Morgan fingerprint density at radius 3 is 2.56 bits per heavy atom. The Morgan fingerprint density at radius 2 is 2.06 bits per heavy atom. The summed E-state index contributed by atoms with van der Waals surface area (Å²) < 4.78 is 13.5. The molecule has 0 bridgehead atoms.